The van der Waals surface area contributed by atoms with Gasteiger partial charge in [0.05, 0.1) is 5.69 Å². The van der Waals surface area contributed by atoms with E-state index in [1.54, 1.807) is 0 Å². The van der Waals surface area contributed by atoms with Crippen molar-refractivity contribution in [2.45, 2.75) is 27.3 Å². The molecule has 1 heterocycles. The van der Waals surface area contributed by atoms with Gasteiger partial charge in [-0.05, 0) is 43.7 Å². The summed E-state index contributed by atoms with van der Waals surface area (Å²) >= 11 is 0. The largest absolute Gasteiger partial charge is 0.313 e. The summed E-state index contributed by atoms with van der Waals surface area (Å²) in [6.07, 6.45) is 0. The number of nitrogens with zero attached hydrogens (tertiary/aromatic N) is 1. The van der Waals surface area contributed by atoms with Crippen LogP contribution in [-0.2, 0) is 6.54 Å². The van der Waals surface area contributed by atoms with E-state index >= 15 is 0 Å². The molecule has 1 aromatic heterocycles. The minimum Gasteiger partial charge on any atom is -0.313 e. The van der Waals surface area contributed by atoms with Gasteiger partial charge in [0, 0.05) is 17.7 Å². The summed E-state index contributed by atoms with van der Waals surface area (Å²) in [4.78, 5) is 11.7. The third kappa shape index (κ3) is 3.09. The van der Waals surface area contributed by atoms with Gasteiger partial charge in [0.1, 0.15) is 0 Å². The molecule has 2 N–H and O–H groups in total. The summed E-state index contributed by atoms with van der Waals surface area (Å²) in [6, 6.07) is 8.04. The second-order valence-corrected chi connectivity index (χ2v) is 4.69. The SMILES string of the molecule is CCNCc1cc(-c2ccc(C)c(C)c2)n[nH]c1=O. The number of hydrogen-bond acceptors (Lipinski definition) is 3. The molecule has 2 aromatic rings. The maximum atomic E-state index is 11.7. The number of hydrogen-bond donors (Lipinski definition) is 2. The number of benzene rings is 1. The molecule has 0 saturated carbocycles. The van der Waals surface area contributed by atoms with Crippen LogP contribution in [0.4, 0.5) is 0 Å². The maximum absolute atomic E-state index is 11.7. The molecule has 0 aliphatic carbocycles. The Morgan fingerprint density at radius 1 is 1.21 bits per heavy atom. The second kappa shape index (κ2) is 5.80. The second-order valence-electron chi connectivity index (χ2n) is 4.69. The van der Waals surface area contributed by atoms with E-state index in [2.05, 4.69) is 41.5 Å². The standard InChI is InChI=1S/C15H19N3O/c1-4-16-9-13-8-14(17-18-15(13)19)12-6-5-10(2)11(3)7-12/h5-8,16H,4,9H2,1-3H3,(H,18,19). The van der Waals surface area contributed by atoms with Crippen molar-refractivity contribution in [2.75, 3.05) is 6.54 Å². The van der Waals surface area contributed by atoms with Crippen LogP contribution in [0.1, 0.15) is 23.6 Å². The Labute approximate surface area is 112 Å². The van der Waals surface area contributed by atoms with Crippen molar-refractivity contribution in [2.24, 2.45) is 0 Å². The molecule has 0 radical (unpaired) electrons. The summed E-state index contributed by atoms with van der Waals surface area (Å²) in [6.45, 7) is 7.56. The number of aromatic nitrogens is 2. The molecule has 0 saturated heterocycles. The van der Waals surface area contributed by atoms with Crippen molar-refractivity contribution >= 4 is 0 Å². The van der Waals surface area contributed by atoms with E-state index in [-0.39, 0.29) is 5.56 Å². The van der Waals surface area contributed by atoms with Crippen molar-refractivity contribution in [3.05, 3.63) is 51.3 Å². The van der Waals surface area contributed by atoms with Gasteiger partial charge in [-0.3, -0.25) is 4.79 Å². The third-order valence-corrected chi connectivity index (χ3v) is 3.25. The lowest BCUT2D eigenvalue weighted by atomic mass is 10.0. The predicted octanol–water partition coefficient (Wildman–Crippen LogP) is 2.16. The van der Waals surface area contributed by atoms with Crippen LogP contribution in [0.5, 0.6) is 0 Å². The van der Waals surface area contributed by atoms with Crippen molar-refractivity contribution < 1.29 is 0 Å². The predicted molar refractivity (Wildman–Crippen MR) is 77.1 cm³/mol. The summed E-state index contributed by atoms with van der Waals surface area (Å²) in [5, 5.41) is 9.84. The van der Waals surface area contributed by atoms with Gasteiger partial charge in [-0.15, -0.1) is 0 Å². The van der Waals surface area contributed by atoms with Crippen LogP contribution in [0.3, 0.4) is 0 Å². The van der Waals surface area contributed by atoms with Gasteiger partial charge < -0.3 is 5.32 Å². The van der Waals surface area contributed by atoms with E-state index in [4.69, 9.17) is 0 Å². The van der Waals surface area contributed by atoms with Gasteiger partial charge in [0.25, 0.3) is 5.56 Å². The normalized spacial score (nSPS) is 10.7. The summed E-state index contributed by atoms with van der Waals surface area (Å²) in [5.74, 6) is 0. The Hall–Kier alpha value is -1.94. The molecule has 0 spiro atoms. The highest BCUT2D eigenvalue weighted by Gasteiger charge is 2.06. The van der Waals surface area contributed by atoms with E-state index in [0.717, 1.165) is 17.8 Å². The first-order chi connectivity index (χ1) is 9.11. The Morgan fingerprint density at radius 3 is 2.68 bits per heavy atom. The average molecular weight is 257 g/mol. The molecular formula is C15H19N3O. The minimum absolute atomic E-state index is 0.131. The fourth-order valence-corrected chi connectivity index (χ4v) is 1.89. The molecule has 0 aliphatic heterocycles. The average Bonchev–Trinajstić information content (AvgIpc) is 2.41. The Morgan fingerprint density at radius 2 is 2.00 bits per heavy atom. The maximum Gasteiger partial charge on any atom is 0.268 e. The molecular weight excluding hydrogens is 238 g/mol. The van der Waals surface area contributed by atoms with Crippen LogP contribution < -0.4 is 10.9 Å². The zero-order chi connectivity index (χ0) is 13.8. The van der Waals surface area contributed by atoms with Crippen molar-refractivity contribution in [1.82, 2.24) is 15.5 Å². The third-order valence-electron chi connectivity index (χ3n) is 3.25. The highest BCUT2D eigenvalue weighted by Crippen LogP contribution is 2.19. The molecule has 100 valence electrons. The lowest BCUT2D eigenvalue weighted by Gasteiger charge is -2.06. The number of aromatic amines is 1. The molecule has 19 heavy (non-hydrogen) atoms. The molecule has 0 fully saturated rings. The zero-order valence-electron chi connectivity index (χ0n) is 11.6. The van der Waals surface area contributed by atoms with Gasteiger partial charge in [-0.1, -0.05) is 19.1 Å². The fourth-order valence-electron chi connectivity index (χ4n) is 1.89. The monoisotopic (exact) mass is 257 g/mol. The number of nitrogens with one attached hydrogen (secondary N) is 2. The Kier molecular flexibility index (Phi) is 4.12. The smallest absolute Gasteiger partial charge is 0.268 e. The van der Waals surface area contributed by atoms with Gasteiger partial charge in [-0.25, -0.2) is 5.10 Å². The van der Waals surface area contributed by atoms with Crippen molar-refractivity contribution in [1.29, 1.82) is 0 Å². The summed E-state index contributed by atoms with van der Waals surface area (Å²) in [5.41, 5.74) is 4.88. The Balaban J connectivity index is 2.39. The molecule has 0 bridgehead atoms. The van der Waals surface area contributed by atoms with Crippen LogP contribution in [0.15, 0.2) is 29.1 Å². The lowest BCUT2D eigenvalue weighted by Crippen LogP contribution is -2.21. The zero-order valence-corrected chi connectivity index (χ0v) is 11.6. The van der Waals surface area contributed by atoms with Crippen molar-refractivity contribution in [3.63, 3.8) is 0 Å². The molecule has 4 heteroatoms. The van der Waals surface area contributed by atoms with Gasteiger partial charge in [0.2, 0.25) is 0 Å². The minimum atomic E-state index is -0.131. The first-order valence-electron chi connectivity index (χ1n) is 6.48. The Bertz CT molecular complexity index is 632. The first kappa shape index (κ1) is 13.5. The number of H-pyrrole nitrogens is 1. The molecule has 0 atom stereocenters. The van der Waals surface area contributed by atoms with Crippen LogP contribution in [-0.4, -0.2) is 16.7 Å². The van der Waals surface area contributed by atoms with E-state index in [9.17, 15) is 4.79 Å². The molecule has 2 rings (SSSR count). The van der Waals surface area contributed by atoms with E-state index < -0.39 is 0 Å². The van der Waals surface area contributed by atoms with Crippen LogP contribution >= 0.6 is 0 Å². The fraction of sp³-hybridized carbons (Fsp3) is 0.333. The molecule has 4 nitrogen and oxygen atoms in total. The molecule has 0 amide bonds. The number of aryl methyl sites for hydroxylation is 2. The highest BCUT2D eigenvalue weighted by molar-refractivity contribution is 5.60. The van der Waals surface area contributed by atoms with Gasteiger partial charge in [-0.2, -0.15) is 5.10 Å². The molecule has 0 unspecified atom stereocenters. The van der Waals surface area contributed by atoms with E-state index in [1.807, 2.05) is 19.1 Å². The summed E-state index contributed by atoms with van der Waals surface area (Å²) in [7, 11) is 0. The lowest BCUT2D eigenvalue weighted by molar-refractivity contribution is 0.715. The quantitative estimate of drug-likeness (QED) is 0.882. The number of rotatable bonds is 4. The van der Waals surface area contributed by atoms with Crippen LogP contribution in [0.25, 0.3) is 11.3 Å². The first-order valence-corrected chi connectivity index (χ1v) is 6.48. The van der Waals surface area contributed by atoms with Gasteiger partial charge in [0.15, 0.2) is 0 Å². The highest BCUT2D eigenvalue weighted by atomic mass is 16.1. The molecule has 0 aliphatic rings. The topological polar surface area (TPSA) is 57.8 Å². The summed E-state index contributed by atoms with van der Waals surface area (Å²) < 4.78 is 0. The van der Waals surface area contributed by atoms with Crippen LogP contribution in [0.2, 0.25) is 0 Å². The van der Waals surface area contributed by atoms with Gasteiger partial charge >= 0.3 is 0 Å². The van der Waals surface area contributed by atoms with Crippen LogP contribution in [0, 0.1) is 13.8 Å². The molecule has 1 aromatic carbocycles. The van der Waals surface area contributed by atoms with Crippen molar-refractivity contribution in [3.8, 4) is 11.3 Å². The van der Waals surface area contributed by atoms with E-state index in [1.165, 1.54) is 11.1 Å². The van der Waals surface area contributed by atoms with E-state index in [0.29, 0.717) is 12.1 Å².